The van der Waals surface area contributed by atoms with E-state index in [-0.39, 0.29) is 11.6 Å². The normalized spacial score (nSPS) is 14.5. The average molecular weight is 488 g/mol. The van der Waals surface area contributed by atoms with Crippen molar-refractivity contribution in [2.24, 2.45) is 7.05 Å². The maximum atomic E-state index is 13.1. The molecule has 1 aliphatic rings. The summed E-state index contributed by atoms with van der Waals surface area (Å²) >= 11 is 0. The lowest BCUT2D eigenvalue weighted by atomic mass is 10.1. The lowest BCUT2D eigenvalue weighted by Crippen LogP contribution is -2.34. The van der Waals surface area contributed by atoms with Gasteiger partial charge in [-0.05, 0) is 45.0 Å². The molecular weight excluding hydrogens is 458 g/mol. The smallest absolute Gasteiger partial charge is 0.278 e. The van der Waals surface area contributed by atoms with Crippen LogP contribution in [0.2, 0.25) is 0 Å². The van der Waals surface area contributed by atoms with E-state index in [4.69, 9.17) is 0 Å². The number of fused-ring (bicyclic) bond motifs is 1. The van der Waals surface area contributed by atoms with Gasteiger partial charge < -0.3 is 10.6 Å². The number of hydrogen-bond donors (Lipinski definition) is 2. The zero-order valence-corrected chi connectivity index (χ0v) is 20.4. The second-order valence-electron chi connectivity index (χ2n) is 9.14. The Balaban J connectivity index is 1.28. The van der Waals surface area contributed by atoms with Gasteiger partial charge in [0.05, 0.1) is 41.5 Å². The first-order valence-electron chi connectivity index (χ1n) is 12.1. The number of rotatable bonds is 6. The highest BCUT2D eigenvalue weighted by Gasteiger charge is 2.18. The van der Waals surface area contributed by atoms with Gasteiger partial charge in [-0.25, -0.2) is 4.52 Å². The van der Waals surface area contributed by atoms with Crippen molar-refractivity contribution in [3.8, 4) is 11.1 Å². The third-order valence-corrected chi connectivity index (χ3v) is 6.35. The van der Waals surface area contributed by atoms with Crippen LogP contribution in [-0.2, 0) is 11.8 Å². The van der Waals surface area contributed by atoms with Crippen LogP contribution in [-0.4, -0.2) is 65.9 Å². The summed E-state index contributed by atoms with van der Waals surface area (Å²) in [5.41, 5.74) is 4.29. The van der Waals surface area contributed by atoms with Gasteiger partial charge in [-0.3, -0.25) is 24.2 Å². The molecule has 0 spiro atoms. The minimum Gasteiger partial charge on any atom is -0.324 e. The standard InChI is InChI=1S/C25H29N9O2/c1-17-21(11-20(13-26-17)28-23(35)16-33-9-5-3-4-6-10-33)29-25(36)24-22-8-7-18(15-34(22)31-30-24)19-12-27-32(2)14-19/h7-8,11-15H,3-6,9-10,16H2,1-2H3,(H,28,35)(H,29,36). The molecule has 11 nitrogen and oxygen atoms in total. The molecule has 5 rings (SSSR count). The van der Waals surface area contributed by atoms with E-state index < -0.39 is 5.91 Å². The van der Waals surface area contributed by atoms with Gasteiger partial charge in [-0.2, -0.15) is 5.10 Å². The minimum absolute atomic E-state index is 0.0893. The zero-order chi connectivity index (χ0) is 25.1. The number of likely N-dealkylation sites (tertiary alicyclic amines) is 1. The Morgan fingerprint density at radius 3 is 2.56 bits per heavy atom. The fourth-order valence-corrected chi connectivity index (χ4v) is 4.41. The van der Waals surface area contributed by atoms with E-state index in [2.05, 4.69) is 35.9 Å². The van der Waals surface area contributed by atoms with E-state index >= 15 is 0 Å². The lowest BCUT2D eigenvalue weighted by Gasteiger charge is -2.19. The number of hydrogen-bond acceptors (Lipinski definition) is 7. The number of nitrogens with zero attached hydrogens (tertiary/aromatic N) is 7. The maximum Gasteiger partial charge on any atom is 0.278 e. The fourth-order valence-electron chi connectivity index (χ4n) is 4.41. The highest BCUT2D eigenvalue weighted by Crippen LogP contribution is 2.22. The van der Waals surface area contributed by atoms with Gasteiger partial charge >= 0.3 is 0 Å². The van der Waals surface area contributed by atoms with E-state index in [0.717, 1.165) is 37.1 Å². The Labute approximate surface area is 208 Å². The Kier molecular flexibility index (Phi) is 6.72. The van der Waals surface area contributed by atoms with Crippen LogP contribution >= 0.6 is 0 Å². The van der Waals surface area contributed by atoms with Crippen LogP contribution in [0.5, 0.6) is 0 Å². The van der Waals surface area contributed by atoms with Crippen LogP contribution in [0.15, 0.2) is 43.0 Å². The monoisotopic (exact) mass is 487 g/mol. The van der Waals surface area contributed by atoms with E-state index in [1.54, 1.807) is 34.6 Å². The first-order valence-corrected chi connectivity index (χ1v) is 12.1. The van der Waals surface area contributed by atoms with Crippen molar-refractivity contribution in [2.75, 3.05) is 30.3 Å². The Hall–Kier alpha value is -4.12. The number of nitrogens with one attached hydrogen (secondary N) is 2. The largest absolute Gasteiger partial charge is 0.324 e. The van der Waals surface area contributed by atoms with Gasteiger partial charge in [-0.1, -0.05) is 24.1 Å². The van der Waals surface area contributed by atoms with Crippen molar-refractivity contribution >= 4 is 28.7 Å². The molecule has 4 aromatic rings. The molecule has 1 fully saturated rings. The number of pyridine rings is 2. The number of aromatic nitrogens is 6. The summed E-state index contributed by atoms with van der Waals surface area (Å²) in [6, 6.07) is 5.42. The topological polar surface area (TPSA) is 122 Å². The van der Waals surface area contributed by atoms with Crippen LogP contribution in [0.3, 0.4) is 0 Å². The predicted octanol–water partition coefficient (Wildman–Crippen LogP) is 2.90. The third kappa shape index (κ3) is 5.25. The van der Waals surface area contributed by atoms with Crippen LogP contribution in [0.25, 0.3) is 16.6 Å². The molecule has 0 aliphatic carbocycles. The highest BCUT2D eigenvalue weighted by atomic mass is 16.2. The summed E-state index contributed by atoms with van der Waals surface area (Å²) in [6.07, 6.45) is 11.8. The fraction of sp³-hybridized carbons (Fsp3) is 0.360. The highest BCUT2D eigenvalue weighted by molar-refractivity contribution is 6.08. The molecule has 2 N–H and O–H groups in total. The van der Waals surface area contributed by atoms with Crippen LogP contribution < -0.4 is 10.6 Å². The van der Waals surface area contributed by atoms with Crippen molar-refractivity contribution in [1.29, 1.82) is 0 Å². The maximum absolute atomic E-state index is 13.1. The lowest BCUT2D eigenvalue weighted by molar-refractivity contribution is -0.117. The minimum atomic E-state index is -0.405. The molecule has 0 saturated carbocycles. The molecule has 0 aromatic carbocycles. The molecule has 2 amide bonds. The molecule has 186 valence electrons. The van der Waals surface area contributed by atoms with Crippen LogP contribution in [0.1, 0.15) is 41.9 Å². The molecule has 36 heavy (non-hydrogen) atoms. The number of anilines is 2. The second kappa shape index (κ2) is 10.2. The van der Waals surface area contributed by atoms with Gasteiger partial charge in [0.2, 0.25) is 5.91 Å². The number of carbonyl (C=O) groups excluding carboxylic acids is 2. The van der Waals surface area contributed by atoms with Gasteiger partial charge in [0.15, 0.2) is 5.69 Å². The molecule has 1 saturated heterocycles. The Bertz CT molecular complexity index is 1400. The van der Waals surface area contributed by atoms with Crippen molar-refractivity contribution < 1.29 is 9.59 Å². The Morgan fingerprint density at radius 1 is 1.00 bits per heavy atom. The van der Waals surface area contributed by atoms with Gasteiger partial charge in [0, 0.05) is 30.6 Å². The molecule has 11 heteroatoms. The Morgan fingerprint density at radius 2 is 1.81 bits per heavy atom. The number of aryl methyl sites for hydroxylation is 2. The number of carbonyl (C=O) groups is 2. The SMILES string of the molecule is Cc1ncc(NC(=O)CN2CCCCCC2)cc1NC(=O)c1nnn2cc(-c3cnn(C)c3)ccc12. The summed E-state index contributed by atoms with van der Waals surface area (Å²) in [5, 5.41) is 18.2. The van der Waals surface area contributed by atoms with Crippen molar-refractivity contribution in [2.45, 2.75) is 32.6 Å². The summed E-state index contributed by atoms with van der Waals surface area (Å²) in [4.78, 5) is 32.2. The quantitative estimate of drug-likeness (QED) is 0.429. The molecule has 0 bridgehead atoms. The van der Waals surface area contributed by atoms with E-state index in [0.29, 0.717) is 29.1 Å². The van der Waals surface area contributed by atoms with Gasteiger partial charge in [0.25, 0.3) is 5.91 Å². The summed E-state index contributed by atoms with van der Waals surface area (Å²) in [5.74, 6) is -0.495. The van der Waals surface area contributed by atoms with Crippen LogP contribution in [0.4, 0.5) is 11.4 Å². The molecule has 4 aromatic heterocycles. The van der Waals surface area contributed by atoms with Crippen molar-refractivity contribution in [1.82, 2.24) is 34.5 Å². The summed E-state index contributed by atoms with van der Waals surface area (Å²) < 4.78 is 3.30. The predicted molar refractivity (Wildman–Crippen MR) is 136 cm³/mol. The van der Waals surface area contributed by atoms with Gasteiger partial charge in [-0.15, -0.1) is 5.10 Å². The van der Waals surface area contributed by atoms with E-state index in [1.165, 1.54) is 12.8 Å². The average Bonchev–Trinajstić information content (AvgIpc) is 3.40. The summed E-state index contributed by atoms with van der Waals surface area (Å²) in [7, 11) is 1.85. The second-order valence-corrected chi connectivity index (χ2v) is 9.14. The van der Waals surface area contributed by atoms with Gasteiger partial charge in [0.1, 0.15) is 0 Å². The van der Waals surface area contributed by atoms with E-state index in [9.17, 15) is 9.59 Å². The first kappa shape index (κ1) is 23.6. The number of amides is 2. The molecule has 5 heterocycles. The molecule has 1 aliphatic heterocycles. The van der Waals surface area contributed by atoms with Crippen LogP contribution in [0, 0.1) is 6.92 Å². The van der Waals surface area contributed by atoms with Crippen molar-refractivity contribution in [3.63, 3.8) is 0 Å². The summed E-state index contributed by atoms with van der Waals surface area (Å²) in [6.45, 7) is 4.03. The zero-order valence-electron chi connectivity index (χ0n) is 20.4. The van der Waals surface area contributed by atoms with E-state index in [1.807, 2.05) is 31.6 Å². The third-order valence-electron chi connectivity index (χ3n) is 6.35. The first-order chi connectivity index (χ1) is 17.5. The van der Waals surface area contributed by atoms with Crippen molar-refractivity contribution in [3.05, 3.63) is 54.4 Å². The molecule has 0 atom stereocenters. The molecular formula is C25H29N9O2. The molecule has 0 unspecified atom stereocenters. The molecule has 0 radical (unpaired) electrons.